The van der Waals surface area contributed by atoms with E-state index in [4.69, 9.17) is 8.22 Å². The molecule has 0 saturated carbocycles. The van der Waals surface area contributed by atoms with Gasteiger partial charge in [-0.05, 0) is 0 Å². The van der Waals surface area contributed by atoms with Gasteiger partial charge in [-0.2, -0.15) is 0 Å². The molecule has 11 heavy (non-hydrogen) atoms. The molecule has 0 radical (unpaired) electrons. The van der Waals surface area contributed by atoms with E-state index in [-0.39, 0.29) is 0 Å². The fourth-order valence-electron chi connectivity index (χ4n) is 0.809. The molecule has 0 spiro atoms. The first-order valence-corrected chi connectivity index (χ1v) is 4.86. The van der Waals surface area contributed by atoms with Gasteiger partial charge in [0.25, 0.3) is 0 Å². The molecule has 0 atom stereocenters. The molecule has 0 amide bonds. The lowest BCUT2D eigenvalue weighted by molar-refractivity contribution is 0.590. The van der Waals surface area contributed by atoms with Gasteiger partial charge < -0.3 is 0 Å². The van der Waals surface area contributed by atoms with Crippen molar-refractivity contribution in [3.8, 4) is 0 Å². The van der Waals surface area contributed by atoms with Crippen molar-refractivity contribution >= 4 is 9.93 Å². The monoisotopic (exact) mass is 175 g/mol. The number of hydrogen-bond acceptors (Lipinski definition) is 1. The van der Waals surface area contributed by atoms with Crippen LogP contribution in [0.4, 0.5) is 0 Å². The molecule has 0 N–H and O–H groups in total. The fourth-order valence-corrected chi connectivity index (χ4v) is 1.47. The van der Waals surface area contributed by atoms with Crippen molar-refractivity contribution in [2.45, 2.75) is 5.75 Å². The molecule has 0 aliphatic rings. The summed E-state index contributed by atoms with van der Waals surface area (Å²) in [6.45, 7) is 0. The maximum absolute atomic E-state index is 12.3. The maximum Gasteiger partial charge on any atom is 0.136 e. The zero-order chi connectivity index (χ0) is 13.3. The van der Waals surface area contributed by atoms with E-state index in [1.165, 1.54) is 0 Å². The van der Waals surface area contributed by atoms with Gasteiger partial charge in [-0.25, -0.2) is 0 Å². The molecule has 60 valence electrons. The summed E-state index contributed by atoms with van der Waals surface area (Å²) in [6.07, 6.45) is -5.98. The second-order valence-electron chi connectivity index (χ2n) is 2.31. The van der Waals surface area contributed by atoms with Gasteiger partial charge in [-0.3, -0.25) is 0 Å². The van der Waals surface area contributed by atoms with E-state index in [9.17, 15) is 4.21 Å². The highest BCUT2D eigenvalue weighted by Gasteiger charge is 2.12. The molecule has 2 heteroatoms. The smallest absolute Gasteiger partial charge is 0.106 e. The zero-order valence-corrected chi connectivity index (χ0v) is 6.73. The van der Waals surface area contributed by atoms with Crippen LogP contribution in [0.15, 0.2) is 30.3 Å². The van der Waals surface area contributed by atoms with Crippen molar-refractivity contribution in [1.82, 2.24) is 0 Å². The molecule has 0 aliphatic carbocycles. The number of benzene rings is 1. The van der Waals surface area contributed by atoms with Crippen LogP contribution in [0.5, 0.6) is 0 Å². The average molecular weight is 175 g/mol. The Labute approximate surface area is 77.3 Å². The summed E-state index contributed by atoms with van der Waals surface area (Å²) in [6, 6.07) is 8.15. The Bertz CT molecular complexity index is 403. The van der Waals surface area contributed by atoms with Crippen LogP contribution in [0, 0.1) is 0 Å². The van der Waals surface area contributed by atoms with Gasteiger partial charge in [0.05, 0.1) is 18.2 Å². The zero-order valence-electron chi connectivity index (χ0n) is 11.9. The van der Waals surface area contributed by atoms with Crippen molar-refractivity contribution in [1.29, 1.82) is 0 Å². The Morgan fingerprint density at radius 1 is 1.36 bits per heavy atom. The van der Waals surface area contributed by atoms with Gasteiger partial charge in [0.1, 0.15) is 18.1 Å². The lowest BCUT2D eigenvalue weighted by Crippen LogP contribution is -2.07. The standard InChI is InChI=1S/C9H13OS/c1-11(2,10)8-9-6-4-3-5-7-9/h3-7H,8H2,1-2H3/q+1/i1D3,2D3. The average Bonchev–Trinajstić information content (AvgIpc) is 2.15. The summed E-state index contributed by atoms with van der Waals surface area (Å²) in [5, 5.41) is 0. The van der Waals surface area contributed by atoms with Crippen molar-refractivity contribution in [2.75, 3.05) is 12.4 Å². The van der Waals surface area contributed by atoms with Gasteiger partial charge in [0.15, 0.2) is 0 Å². The molecule has 0 heterocycles. The SMILES string of the molecule is [2H]C([2H])([2H])[S+](=O)(Cc1ccccc1)C([2H])([2H])[2H]. The quantitative estimate of drug-likeness (QED) is 0.628. The predicted molar refractivity (Wildman–Crippen MR) is 50.0 cm³/mol. The Balaban J connectivity index is 3.16. The Kier molecular flexibility index (Phi) is 0.982. The third-order valence-corrected chi connectivity index (χ3v) is 1.95. The number of hydrogen-bond donors (Lipinski definition) is 0. The minimum absolute atomic E-state index is 0.449. The van der Waals surface area contributed by atoms with Gasteiger partial charge >= 0.3 is 0 Å². The summed E-state index contributed by atoms with van der Waals surface area (Å²) in [4.78, 5) is 0. The van der Waals surface area contributed by atoms with E-state index >= 15 is 0 Å². The fraction of sp³-hybridized carbons (Fsp3) is 0.333. The van der Waals surface area contributed by atoms with Crippen molar-refractivity contribution < 1.29 is 12.4 Å². The van der Waals surface area contributed by atoms with E-state index in [2.05, 4.69) is 0 Å². The molecule has 0 aliphatic heterocycles. The molecule has 1 nitrogen and oxygen atoms in total. The van der Waals surface area contributed by atoms with Gasteiger partial charge in [0.2, 0.25) is 0 Å². The third-order valence-electron chi connectivity index (χ3n) is 1.21. The molecule has 1 aromatic rings. The molecular weight excluding hydrogens is 156 g/mol. The molecule has 1 rings (SSSR count). The largest absolute Gasteiger partial charge is 0.136 e. The first-order chi connectivity index (χ1) is 7.58. The van der Waals surface area contributed by atoms with Crippen LogP contribution in [0.1, 0.15) is 13.8 Å². The van der Waals surface area contributed by atoms with E-state index < -0.39 is 28.1 Å². The topological polar surface area (TPSA) is 17.1 Å². The number of rotatable bonds is 2. The van der Waals surface area contributed by atoms with Gasteiger partial charge in [0, 0.05) is 5.56 Å². The molecule has 1 aromatic carbocycles. The highest BCUT2D eigenvalue weighted by atomic mass is 32.2. The van der Waals surface area contributed by atoms with E-state index in [0.29, 0.717) is 5.56 Å². The Morgan fingerprint density at radius 2 is 2.00 bits per heavy atom. The van der Waals surface area contributed by atoms with Crippen LogP contribution in [-0.4, -0.2) is 12.4 Å². The Morgan fingerprint density at radius 3 is 2.55 bits per heavy atom. The summed E-state index contributed by atoms with van der Waals surface area (Å²) < 4.78 is 55.4. The molecule has 0 bridgehead atoms. The minimum Gasteiger partial charge on any atom is -0.106 e. The second kappa shape index (κ2) is 3.18. The van der Waals surface area contributed by atoms with Crippen LogP contribution in [0.3, 0.4) is 0 Å². The van der Waals surface area contributed by atoms with E-state index in [0.717, 1.165) is 0 Å². The third kappa shape index (κ3) is 3.33. The molecular formula is C9H13OS+. The molecule has 0 saturated heterocycles. The summed E-state index contributed by atoms with van der Waals surface area (Å²) in [7, 11) is -3.97. The van der Waals surface area contributed by atoms with Crippen LogP contribution in [0.2, 0.25) is 0 Å². The van der Waals surface area contributed by atoms with Crippen LogP contribution >= 0.6 is 0 Å². The lowest BCUT2D eigenvalue weighted by atomic mass is 10.2. The maximum atomic E-state index is 12.3. The normalized spacial score (nSPS) is 21.8. The first-order valence-electron chi connectivity index (χ1n) is 6.13. The second-order valence-corrected chi connectivity index (χ2v) is 3.94. The Hall–Kier alpha value is -0.630. The van der Waals surface area contributed by atoms with Crippen molar-refractivity contribution in [3.05, 3.63) is 35.9 Å². The lowest BCUT2D eigenvalue weighted by Gasteiger charge is -1.99. The molecule has 0 aromatic heterocycles. The predicted octanol–water partition coefficient (Wildman–Crippen LogP) is 1.95. The van der Waals surface area contributed by atoms with E-state index in [1.54, 1.807) is 30.3 Å². The molecule has 0 unspecified atom stereocenters. The van der Waals surface area contributed by atoms with Crippen molar-refractivity contribution in [3.63, 3.8) is 0 Å². The highest BCUT2D eigenvalue weighted by Crippen LogP contribution is 2.07. The van der Waals surface area contributed by atoms with Gasteiger partial charge in [-0.15, -0.1) is 4.21 Å². The summed E-state index contributed by atoms with van der Waals surface area (Å²) >= 11 is 0. The van der Waals surface area contributed by atoms with E-state index in [1.807, 2.05) is 0 Å². The summed E-state index contributed by atoms with van der Waals surface area (Å²) in [5.74, 6) is -0.458. The highest BCUT2D eigenvalue weighted by molar-refractivity contribution is 8.00. The molecule has 0 fully saturated rings. The van der Waals surface area contributed by atoms with Crippen LogP contribution in [-0.2, 0) is 19.9 Å². The summed E-state index contributed by atoms with van der Waals surface area (Å²) in [5.41, 5.74) is 0.449. The van der Waals surface area contributed by atoms with Crippen LogP contribution < -0.4 is 0 Å². The van der Waals surface area contributed by atoms with Gasteiger partial charge in [-0.1, -0.05) is 30.3 Å². The van der Waals surface area contributed by atoms with Crippen molar-refractivity contribution in [2.24, 2.45) is 0 Å². The van der Waals surface area contributed by atoms with Crippen LogP contribution in [0.25, 0.3) is 0 Å². The minimum atomic E-state index is -3.97. The first kappa shape index (κ1) is 3.40.